The van der Waals surface area contributed by atoms with Gasteiger partial charge in [0.1, 0.15) is 12.3 Å². The molecule has 1 aliphatic heterocycles. The molecule has 0 aliphatic carbocycles. The number of hydrogen-bond acceptors (Lipinski definition) is 7. The van der Waals surface area contributed by atoms with Gasteiger partial charge in [-0.2, -0.15) is 12.6 Å². The van der Waals surface area contributed by atoms with Crippen LogP contribution in [0.25, 0.3) is 0 Å². The van der Waals surface area contributed by atoms with E-state index in [0.717, 1.165) is 19.3 Å². The molecule has 2 rings (SSSR count). The summed E-state index contributed by atoms with van der Waals surface area (Å²) in [6.45, 7) is 2.21. The van der Waals surface area contributed by atoms with Crippen LogP contribution in [0.15, 0.2) is 15.8 Å². The third kappa shape index (κ3) is 6.43. The van der Waals surface area contributed by atoms with Crippen LogP contribution in [0.2, 0.25) is 0 Å². The molecule has 3 atom stereocenters. The van der Waals surface area contributed by atoms with Crippen LogP contribution < -0.4 is 16.6 Å². The van der Waals surface area contributed by atoms with E-state index in [9.17, 15) is 24.6 Å². The zero-order chi connectivity index (χ0) is 21.4. The quantitative estimate of drug-likeness (QED) is 0.289. The molecule has 10 heteroatoms. The highest BCUT2D eigenvalue weighted by Gasteiger charge is 2.35. The number of nitrogens with zero attached hydrogens (tertiary/aromatic N) is 2. The largest absolute Gasteiger partial charge is 0.394 e. The van der Waals surface area contributed by atoms with Gasteiger partial charge in [-0.05, 0) is 25.5 Å². The van der Waals surface area contributed by atoms with E-state index < -0.39 is 24.1 Å². The number of nitrogens with one attached hydrogen (secondary N) is 1. The fourth-order valence-corrected chi connectivity index (χ4v) is 3.58. The second-order valence-corrected chi connectivity index (χ2v) is 7.76. The van der Waals surface area contributed by atoms with Gasteiger partial charge in [0.2, 0.25) is 5.91 Å². The Hall–Kier alpha value is -1.62. The van der Waals surface area contributed by atoms with Crippen molar-refractivity contribution in [2.45, 2.75) is 70.4 Å². The minimum absolute atomic E-state index is 0.00505. The van der Waals surface area contributed by atoms with E-state index in [1.165, 1.54) is 15.3 Å². The lowest BCUT2D eigenvalue weighted by molar-refractivity contribution is -0.120. The molecule has 0 radical (unpaired) electrons. The van der Waals surface area contributed by atoms with Gasteiger partial charge in [0.25, 0.3) is 5.56 Å². The van der Waals surface area contributed by atoms with E-state index in [1.54, 1.807) is 6.92 Å². The predicted octanol–water partition coefficient (Wildman–Crippen LogP) is -0.0444. The summed E-state index contributed by atoms with van der Waals surface area (Å²) in [4.78, 5) is 36.5. The maximum atomic E-state index is 12.8. The Labute approximate surface area is 175 Å². The zero-order valence-electron chi connectivity index (χ0n) is 16.7. The summed E-state index contributed by atoms with van der Waals surface area (Å²) in [7, 11) is 0. The second kappa shape index (κ2) is 11.5. The van der Waals surface area contributed by atoms with Gasteiger partial charge in [-0.25, -0.2) is 4.79 Å². The van der Waals surface area contributed by atoms with Crippen molar-refractivity contribution in [1.82, 2.24) is 14.5 Å². The molecular formula is C19H31N3O6S. The van der Waals surface area contributed by atoms with Gasteiger partial charge >= 0.3 is 5.69 Å². The Balaban J connectivity index is 1.91. The van der Waals surface area contributed by atoms with Crippen molar-refractivity contribution in [2.24, 2.45) is 0 Å². The van der Waals surface area contributed by atoms with E-state index in [-0.39, 0.29) is 24.5 Å². The smallest absolute Gasteiger partial charge is 0.333 e. The molecule has 2 heterocycles. The Kier molecular flexibility index (Phi) is 9.41. The highest BCUT2D eigenvalue weighted by molar-refractivity contribution is 7.80. The summed E-state index contributed by atoms with van der Waals surface area (Å²) >= 11 is 4.01. The number of aryl methyl sites for hydroxylation is 1. The summed E-state index contributed by atoms with van der Waals surface area (Å²) in [6, 6.07) is 0. The molecule has 1 saturated heterocycles. The zero-order valence-corrected chi connectivity index (χ0v) is 17.6. The number of aliphatic hydroxyl groups is 2. The van der Waals surface area contributed by atoms with Gasteiger partial charge in [-0.3, -0.25) is 18.7 Å². The predicted molar refractivity (Wildman–Crippen MR) is 111 cm³/mol. The van der Waals surface area contributed by atoms with E-state index in [2.05, 4.69) is 17.9 Å². The number of unbranched alkanes of at least 4 members (excludes halogenated alkanes) is 3. The summed E-state index contributed by atoms with van der Waals surface area (Å²) in [5, 5.41) is 22.0. The average Bonchev–Trinajstić information content (AvgIpc) is 3.06. The molecule has 1 fully saturated rings. The number of carbonyl (C=O) groups is 1. The molecule has 0 aromatic carbocycles. The molecule has 1 aromatic rings. The summed E-state index contributed by atoms with van der Waals surface area (Å²) in [5.74, 6) is 0.523. The first kappa shape index (κ1) is 23.7. The number of aromatic nitrogens is 2. The first-order valence-corrected chi connectivity index (χ1v) is 10.7. The molecule has 0 saturated carbocycles. The standard InChI is InChI=1S/C19H31N3O6S/c1-13-11-22(17-10-14(24)15(12-23)28-17)19(27)21(18(13)26)8-5-3-2-4-7-20-16(25)6-9-29/h11,14-15,17,23-24,29H,2-10,12H2,1H3,(H,20,25)/t14-,15+,17+/m0/s1. The monoisotopic (exact) mass is 429 g/mol. The normalized spacial score (nSPS) is 21.4. The molecule has 3 N–H and O–H groups in total. The molecular weight excluding hydrogens is 398 g/mol. The van der Waals surface area contributed by atoms with Crippen molar-refractivity contribution in [3.8, 4) is 0 Å². The lowest BCUT2D eigenvalue weighted by Gasteiger charge is -2.17. The minimum atomic E-state index is -0.856. The third-order valence-electron chi connectivity index (χ3n) is 5.03. The Morgan fingerprint density at radius 2 is 2.03 bits per heavy atom. The number of thiol groups is 1. The number of rotatable bonds is 11. The van der Waals surface area contributed by atoms with Crippen LogP contribution in [0, 0.1) is 6.92 Å². The molecule has 9 nitrogen and oxygen atoms in total. The van der Waals surface area contributed by atoms with E-state index in [1.807, 2.05) is 0 Å². The molecule has 0 bridgehead atoms. The van der Waals surface area contributed by atoms with Gasteiger partial charge in [-0.1, -0.05) is 12.8 Å². The molecule has 1 amide bonds. The van der Waals surface area contributed by atoms with Crippen molar-refractivity contribution < 1.29 is 19.7 Å². The molecule has 0 spiro atoms. The number of ether oxygens (including phenoxy) is 1. The third-order valence-corrected chi connectivity index (χ3v) is 5.25. The lowest BCUT2D eigenvalue weighted by Crippen LogP contribution is -2.42. The van der Waals surface area contributed by atoms with Crippen molar-refractivity contribution in [3.63, 3.8) is 0 Å². The number of amides is 1. The highest BCUT2D eigenvalue weighted by atomic mass is 32.1. The van der Waals surface area contributed by atoms with Gasteiger partial charge in [0, 0.05) is 37.7 Å². The minimum Gasteiger partial charge on any atom is -0.394 e. The second-order valence-electron chi connectivity index (χ2n) is 7.31. The first-order valence-electron chi connectivity index (χ1n) is 10.0. The molecule has 164 valence electrons. The van der Waals surface area contributed by atoms with Crippen LogP contribution in [0.5, 0.6) is 0 Å². The maximum absolute atomic E-state index is 12.8. The van der Waals surface area contributed by atoms with Gasteiger partial charge in [-0.15, -0.1) is 0 Å². The average molecular weight is 430 g/mol. The Morgan fingerprint density at radius 3 is 2.69 bits per heavy atom. The maximum Gasteiger partial charge on any atom is 0.333 e. The van der Waals surface area contributed by atoms with Crippen molar-refractivity contribution in [3.05, 3.63) is 32.6 Å². The Morgan fingerprint density at radius 1 is 1.31 bits per heavy atom. The van der Waals surface area contributed by atoms with E-state index >= 15 is 0 Å². The van der Waals surface area contributed by atoms with Crippen LogP contribution >= 0.6 is 12.6 Å². The van der Waals surface area contributed by atoms with E-state index in [0.29, 0.717) is 37.2 Å². The van der Waals surface area contributed by atoms with Crippen LogP contribution in [0.3, 0.4) is 0 Å². The topological polar surface area (TPSA) is 123 Å². The van der Waals surface area contributed by atoms with Gasteiger partial charge < -0.3 is 20.3 Å². The van der Waals surface area contributed by atoms with Crippen LogP contribution in [-0.2, 0) is 16.1 Å². The highest BCUT2D eigenvalue weighted by Crippen LogP contribution is 2.27. The molecule has 1 aromatic heterocycles. The van der Waals surface area contributed by atoms with Crippen LogP contribution in [-0.4, -0.2) is 56.4 Å². The Bertz CT molecular complexity index is 793. The molecule has 0 unspecified atom stereocenters. The van der Waals surface area contributed by atoms with Gasteiger partial charge in [0.05, 0.1) is 12.7 Å². The summed E-state index contributed by atoms with van der Waals surface area (Å²) in [5.41, 5.74) is -0.389. The fourth-order valence-electron chi connectivity index (χ4n) is 3.38. The first-order chi connectivity index (χ1) is 13.9. The van der Waals surface area contributed by atoms with Crippen molar-refractivity contribution >= 4 is 18.5 Å². The molecule has 1 aliphatic rings. The van der Waals surface area contributed by atoms with Crippen molar-refractivity contribution in [2.75, 3.05) is 18.9 Å². The fraction of sp³-hybridized carbons (Fsp3) is 0.737. The SMILES string of the molecule is Cc1cn([C@H]2C[C@H](O)[C@@H](CO)O2)c(=O)n(CCCCCCNC(=O)CCS)c1=O. The number of hydrogen-bond donors (Lipinski definition) is 4. The molecule has 29 heavy (non-hydrogen) atoms. The lowest BCUT2D eigenvalue weighted by atomic mass is 10.2. The van der Waals surface area contributed by atoms with Crippen LogP contribution in [0.4, 0.5) is 0 Å². The van der Waals surface area contributed by atoms with Crippen LogP contribution in [0.1, 0.15) is 50.3 Å². The van der Waals surface area contributed by atoms with Gasteiger partial charge in [0.15, 0.2) is 0 Å². The number of carbonyl (C=O) groups excluding carboxylic acids is 1. The summed E-state index contributed by atoms with van der Waals surface area (Å²) in [6.07, 6.45) is 2.95. The summed E-state index contributed by atoms with van der Waals surface area (Å²) < 4.78 is 8.08. The van der Waals surface area contributed by atoms with E-state index in [4.69, 9.17) is 4.74 Å². The number of aliphatic hydroxyl groups excluding tert-OH is 2. The van der Waals surface area contributed by atoms with Crippen molar-refractivity contribution in [1.29, 1.82) is 0 Å².